The van der Waals surface area contributed by atoms with Gasteiger partial charge in [0.1, 0.15) is 12.6 Å². The fourth-order valence-corrected chi connectivity index (χ4v) is 3.47. The first-order valence-electron chi connectivity index (χ1n) is 6.31. The van der Waals surface area contributed by atoms with Crippen LogP contribution in [-0.2, 0) is 9.59 Å². The summed E-state index contributed by atoms with van der Waals surface area (Å²) < 4.78 is 0. The van der Waals surface area contributed by atoms with Gasteiger partial charge in [0.15, 0.2) is 0 Å². The zero-order valence-corrected chi connectivity index (χ0v) is 10.8. The zero-order valence-electron chi connectivity index (χ0n) is 10.8. The lowest BCUT2D eigenvalue weighted by Crippen LogP contribution is -2.13. The summed E-state index contributed by atoms with van der Waals surface area (Å²) in [4.78, 5) is 22.1. The molecular weight excluding hydrogens is 212 g/mol. The van der Waals surface area contributed by atoms with Crippen LogP contribution in [0, 0.1) is 23.2 Å². The second kappa shape index (κ2) is 4.25. The number of carbonyl (C=O) groups excluding carboxylic acids is 2. The molecule has 2 aliphatic rings. The van der Waals surface area contributed by atoms with Crippen LogP contribution in [0.5, 0.6) is 0 Å². The molecule has 92 valence electrons. The molecule has 0 amide bonds. The van der Waals surface area contributed by atoms with Gasteiger partial charge in [0.25, 0.3) is 0 Å². The van der Waals surface area contributed by atoms with Gasteiger partial charge in [-0.25, -0.2) is 0 Å². The van der Waals surface area contributed by atoms with E-state index in [2.05, 4.69) is 20.8 Å². The maximum atomic E-state index is 11.1. The van der Waals surface area contributed by atoms with Gasteiger partial charge in [0.05, 0.1) is 0 Å². The molecule has 2 rings (SSSR count). The molecule has 0 heterocycles. The van der Waals surface area contributed by atoms with Crippen LogP contribution in [0.2, 0.25) is 0 Å². The lowest BCUT2D eigenvalue weighted by atomic mass is 9.84. The lowest BCUT2D eigenvalue weighted by molar-refractivity contribution is -0.107. The summed E-state index contributed by atoms with van der Waals surface area (Å²) in [6.07, 6.45) is 7.91. The first kappa shape index (κ1) is 12.3. The molecule has 0 aromatic heterocycles. The van der Waals surface area contributed by atoms with Crippen LogP contribution in [-0.4, -0.2) is 12.6 Å². The van der Waals surface area contributed by atoms with Crippen molar-refractivity contribution in [3.63, 3.8) is 0 Å². The average molecular weight is 232 g/mol. The number of fused-ring (bicyclic) bond motifs is 1. The third-order valence-corrected chi connectivity index (χ3v) is 4.23. The molecule has 0 saturated heterocycles. The Kier molecular flexibility index (Phi) is 3.07. The number of aldehydes is 2. The molecule has 17 heavy (non-hydrogen) atoms. The topological polar surface area (TPSA) is 34.1 Å². The van der Waals surface area contributed by atoms with Crippen molar-refractivity contribution < 1.29 is 9.59 Å². The Morgan fingerprint density at radius 1 is 1.12 bits per heavy atom. The average Bonchev–Trinajstić information content (AvgIpc) is 2.52. The molecule has 0 unspecified atom stereocenters. The van der Waals surface area contributed by atoms with Crippen LogP contribution in [0.25, 0.3) is 0 Å². The first-order chi connectivity index (χ1) is 7.96. The monoisotopic (exact) mass is 232 g/mol. The van der Waals surface area contributed by atoms with Gasteiger partial charge in [-0.1, -0.05) is 32.9 Å². The summed E-state index contributed by atoms with van der Waals surface area (Å²) in [5.74, 6) is 1.38. The number of hydrogen-bond donors (Lipinski definition) is 0. The van der Waals surface area contributed by atoms with Crippen LogP contribution < -0.4 is 0 Å². The molecule has 0 bridgehead atoms. The first-order valence-corrected chi connectivity index (χ1v) is 6.31. The molecule has 0 aromatic rings. The van der Waals surface area contributed by atoms with E-state index >= 15 is 0 Å². The second-order valence-corrected chi connectivity index (χ2v) is 6.24. The molecule has 0 N–H and O–H groups in total. The van der Waals surface area contributed by atoms with Gasteiger partial charge in [-0.2, -0.15) is 0 Å². The molecule has 2 nitrogen and oxygen atoms in total. The number of carbonyl (C=O) groups is 2. The van der Waals surface area contributed by atoms with Gasteiger partial charge in [-0.3, -0.25) is 9.59 Å². The Balaban J connectivity index is 2.39. The van der Waals surface area contributed by atoms with Gasteiger partial charge >= 0.3 is 0 Å². The lowest BCUT2D eigenvalue weighted by Gasteiger charge is -2.20. The fourth-order valence-electron chi connectivity index (χ4n) is 3.47. The Morgan fingerprint density at radius 3 is 2.29 bits per heavy atom. The maximum Gasteiger partial charge on any atom is 0.150 e. The molecule has 1 saturated carbocycles. The minimum atomic E-state index is 0.348. The van der Waals surface area contributed by atoms with Crippen molar-refractivity contribution in [1.29, 1.82) is 0 Å². The highest BCUT2D eigenvalue weighted by atomic mass is 16.1. The normalized spacial score (nSPS) is 35.4. The van der Waals surface area contributed by atoms with E-state index in [1.807, 2.05) is 12.2 Å². The maximum absolute atomic E-state index is 11.1. The van der Waals surface area contributed by atoms with E-state index in [0.717, 1.165) is 19.0 Å². The molecule has 2 aliphatic carbocycles. The van der Waals surface area contributed by atoms with Crippen molar-refractivity contribution >= 4 is 12.6 Å². The van der Waals surface area contributed by atoms with E-state index in [0.29, 0.717) is 34.3 Å². The van der Waals surface area contributed by atoms with Crippen molar-refractivity contribution in [2.45, 2.75) is 33.6 Å². The third kappa shape index (κ3) is 2.26. The molecule has 3 atom stereocenters. The number of hydrogen-bond acceptors (Lipinski definition) is 2. The number of rotatable bonds is 2. The third-order valence-electron chi connectivity index (χ3n) is 4.23. The van der Waals surface area contributed by atoms with Gasteiger partial charge in [-0.05, 0) is 36.0 Å². The Bertz CT molecular complexity index is 401. The van der Waals surface area contributed by atoms with Gasteiger partial charge < -0.3 is 0 Å². The summed E-state index contributed by atoms with van der Waals surface area (Å²) in [6, 6.07) is 0. The predicted molar refractivity (Wildman–Crippen MR) is 67.5 cm³/mol. The van der Waals surface area contributed by atoms with Crippen LogP contribution in [0.15, 0.2) is 23.3 Å². The molecular formula is C15H20O2. The van der Waals surface area contributed by atoms with E-state index in [1.165, 1.54) is 6.42 Å². The van der Waals surface area contributed by atoms with Gasteiger partial charge in [-0.15, -0.1) is 0 Å². The predicted octanol–water partition coefficient (Wildman–Crippen LogP) is 2.94. The second-order valence-electron chi connectivity index (χ2n) is 6.24. The van der Waals surface area contributed by atoms with Crippen LogP contribution in [0.3, 0.4) is 0 Å². The standard InChI is InChI=1S/C15H20O2/c1-10-4-12(8-16)13(9-17)5-11-6-15(2,3)7-14(10)11/h4-5,8-11,14H,6-7H2,1-3H3/t10-,11+,14+/m1/s1. The summed E-state index contributed by atoms with van der Waals surface area (Å²) in [6.45, 7) is 6.73. The highest BCUT2D eigenvalue weighted by Crippen LogP contribution is 2.50. The van der Waals surface area contributed by atoms with Gasteiger partial charge in [0.2, 0.25) is 0 Å². The summed E-state index contributed by atoms with van der Waals surface area (Å²) in [5.41, 5.74) is 1.50. The van der Waals surface area contributed by atoms with Crippen LogP contribution in [0.4, 0.5) is 0 Å². The molecule has 1 fully saturated rings. The zero-order chi connectivity index (χ0) is 12.6. The largest absolute Gasteiger partial charge is 0.298 e. The van der Waals surface area contributed by atoms with E-state index < -0.39 is 0 Å². The SMILES string of the molecule is C[C@@H]1C=C(C=O)C(C=O)=C[C@H]2CC(C)(C)C[C@@H]12. The van der Waals surface area contributed by atoms with Crippen molar-refractivity contribution in [3.8, 4) is 0 Å². The minimum absolute atomic E-state index is 0.348. The number of allylic oxidation sites excluding steroid dienone is 4. The van der Waals surface area contributed by atoms with E-state index in [1.54, 1.807) is 0 Å². The molecule has 0 radical (unpaired) electrons. The quantitative estimate of drug-likeness (QED) is 0.686. The minimum Gasteiger partial charge on any atom is -0.298 e. The smallest absolute Gasteiger partial charge is 0.150 e. The van der Waals surface area contributed by atoms with Gasteiger partial charge in [0, 0.05) is 11.1 Å². The van der Waals surface area contributed by atoms with E-state index in [4.69, 9.17) is 0 Å². The molecule has 0 aliphatic heterocycles. The highest BCUT2D eigenvalue weighted by Gasteiger charge is 2.41. The molecule has 0 spiro atoms. The van der Waals surface area contributed by atoms with E-state index in [9.17, 15) is 9.59 Å². The summed E-state index contributed by atoms with van der Waals surface area (Å²) in [5, 5.41) is 0. The summed E-state index contributed by atoms with van der Waals surface area (Å²) in [7, 11) is 0. The summed E-state index contributed by atoms with van der Waals surface area (Å²) >= 11 is 0. The highest BCUT2D eigenvalue weighted by molar-refractivity contribution is 5.94. The fraction of sp³-hybridized carbons (Fsp3) is 0.600. The Morgan fingerprint density at radius 2 is 1.71 bits per heavy atom. The Labute approximate surface area is 103 Å². The van der Waals surface area contributed by atoms with Crippen molar-refractivity contribution in [2.24, 2.45) is 23.2 Å². The van der Waals surface area contributed by atoms with Crippen LogP contribution in [0.1, 0.15) is 33.6 Å². The Hall–Kier alpha value is -1.18. The van der Waals surface area contributed by atoms with Crippen LogP contribution >= 0.6 is 0 Å². The molecule has 0 aromatic carbocycles. The van der Waals surface area contributed by atoms with Crippen molar-refractivity contribution in [3.05, 3.63) is 23.3 Å². The molecule has 2 heteroatoms. The van der Waals surface area contributed by atoms with Crippen molar-refractivity contribution in [1.82, 2.24) is 0 Å². The van der Waals surface area contributed by atoms with E-state index in [-0.39, 0.29) is 0 Å². The van der Waals surface area contributed by atoms with Crippen molar-refractivity contribution in [2.75, 3.05) is 0 Å².